The Bertz CT molecular complexity index is 212. The normalized spacial score (nSPS) is 18.2. The van der Waals surface area contributed by atoms with Crippen LogP contribution in [0.3, 0.4) is 0 Å². The van der Waals surface area contributed by atoms with Crippen LogP contribution < -0.4 is 10.6 Å². The summed E-state index contributed by atoms with van der Waals surface area (Å²) in [4.78, 5) is 12.0. The quantitative estimate of drug-likeness (QED) is 0.639. The van der Waals surface area contributed by atoms with Crippen molar-refractivity contribution in [2.75, 3.05) is 20.1 Å². The fourth-order valence-corrected chi connectivity index (χ4v) is 2.73. The van der Waals surface area contributed by atoms with Crippen LogP contribution in [0.4, 0.5) is 0 Å². The Hall–Kier alpha value is -0.570. The van der Waals surface area contributed by atoms with Crippen molar-refractivity contribution in [3.8, 4) is 0 Å². The molecule has 0 bridgehead atoms. The number of nitrogens with one attached hydrogen (secondary N) is 2. The van der Waals surface area contributed by atoms with E-state index in [0.717, 1.165) is 38.3 Å². The second-order valence-corrected chi connectivity index (χ2v) is 5.24. The number of amides is 1. The van der Waals surface area contributed by atoms with Crippen LogP contribution in [-0.2, 0) is 4.79 Å². The summed E-state index contributed by atoms with van der Waals surface area (Å²) in [5, 5.41) is 6.16. The molecule has 0 aromatic carbocycles. The molecule has 1 aliphatic rings. The summed E-state index contributed by atoms with van der Waals surface area (Å²) in [6, 6.07) is 0. The first kappa shape index (κ1) is 14.5. The molecule has 1 amide bonds. The van der Waals surface area contributed by atoms with Crippen molar-refractivity contribution < 1.29 is 4.79 Å². The van der Waals surface area contributed by atoms with Gasteiger partial charge in [0.1, 0.15) is 0 Å². The Kier molecular flexibility index (Phi) is 7.25. The predicted octanol–water partition coefficient (Wildman–Crippen LogP) is 2.32. The Morgan fingerprint density at radius 2 is 2.00 bits per heavy atom. The maximum absolute atomic E-state index is 12.0. The molecule has 1 saturated carbocycles. The number of hydrogen-bond donors (Lipinski definition) is 2. The van der Waals surface area contributed by atoms with E-state index in [1.807, 2.05) is 7.05 Å². The molecule has 0 radical (unpaired) electrons. The first-order valence-corrected chi connectivity index (χ1v) is 7.20. The van der Waals surface area contributed by atoms with Gasteiger partial charge in [0.15, 0.2) is 0 Å². The number of carbonyl (C=O) groups is 1. The Balaban J connectivity index is 2.20. The van der Waals surface area contributed by atoms with Gasteiger partial charge in [0.2, 0.25) is 5.91 Å². The largest absolute Gasteiger partial charge is 0.356 e. The van der Waals surface area contributed by atoms with Crippen molar-refractivity contribution in [1.82, 2.24) is 10.6 Å². The van der Waals surface area contributed by atoms with Gasteiger partial charge in [-0.25, -0.2) is 0 Å². The summed E-state index contributed by atoms with van der Waals surface area (Å²) >= 11 is 0. The molecule has 2 N–H and O–H groups in total. The van der Waals surface area contributed by atoms with Crippen molar-refractivity contribution in [1.29, 1.82) is 0 Å². The topological polar surface area (TPSA) is 41.1 Å². The first-order chi connectivity index (χ1) is 8.27. The highest BCUT2D eigenvalue weighted by molar-refractivity contribution is 5.78. The third kappa shape index (κ3) is 5.53. The van der Waals surface area contributed by atoms with Gasteiger partial charge in [-0.2, -0.15) is 0 Å². The van der Waals surface area contributed by atoms with Crippen LogP contribution in [-0.4, -0.2) is 26.0 Å². The fourth-order valence-electron chi connectivity index (χ4n) is 2.73. The molecule has 1 atom stereocenters. The zero-order chi connectivity index (χ0) is 12.5. The highest BCUT2D eigenvalue weighted by atomic mass is 16.1. The average molecular weight is 240 g/mol. The first-order valence-electron chi connectivity index (χ1n) is 7.20. The highest BCUT2D eigenvalue weighted by Gasteiger charge is 2.23. The minimum absolute atomic E-state index is 0.243. The molecular weight excluding hydrogens is 212 g/mol. The third-order valence-corrected chi connectivity index (χ3v) is 3.86. The van der Waals surface area contributed by atoms with E-state index in [1.54, 1.807) is 0 Å². The van der Waals surface area contributed by atoms with Crippen LogP contribution in [0.15, 0.2) is 0 Å². The summed E-state index contributed by atoms with van der Waals surface area (Å²) in [5.41, 5.74) is 0. The van der Waals surface area contributed by atoms with E-state index in [-0.39, 0.29) is 11.8 Å². The van der Waals surface area contributed by atoms with Crippen LogP contribution in [0.5, 0.6) is 0 Å². The molecule has 0 aliphatic heterocycles. The maximum Gasteiger partial charge on any atom is 0.223 e. The predicted molar refractivity (Wildman–Crippen MR) is 71.9 cm³/mol. The molecule has 1 rings (SSSR count). The SMILES string of the molecule is CCC(CC1CCCC1)C(=O)NCCCNC. The van der Waals surface area contributed by atoms with Gasteiger partial charge in [0.05, 0.1) is 0 Å². The molecule has 100 valence electrons. The van der Waals surface area contributed by atoms with Gasteiger partial charge in [0.25, 0.3) is 0 Å². The van der Waals surface area contributed by atoms with Crippen molar-refractivity contribution in [2.45, 2.75) is 51.9 Å². The summed E-state index contributed by atoms with van der Waals surface area (Å²) in [7, 11) is 1.94. The standard InChI is InChI=1S/C14H28N2O/c1-3-13(11-12-7-4-5-8-12)14(17)16-10-6-9-15-2/h12-13,15H,3-11H2,1-2H3,(H,16,17). The lowest BCUT2D eigenvalue weighted by Crippen LogP contribution is -2.33. The molecule has 1 unspecified atom stereocenters. The fraction of sp³-hybridized carbons (Fsp3) is 0.929. The zero-order valence-corrected chi connectivity index (χ0v) is 11.4. The van der Waals surface area contributed by atoms with Gasteiger partial charge < -0.3 is 10.6 Å². The van der Waals surface area contributed by atoms with E-state index in [2.05, 4.69) is 17.6 Å². The zero-order valence-electron chi connectivity index (χ0n) is 11.4. The minimum atomic E-state index is 0.243. The van der Waals surface area contributed by atoms with E-state index in [4.69, 9.17) is 0 Å². The van der Waals surface area contributed by atoms with E-state index in [0.29, 0.717) is 0 Å². The number of hydrogen-bond acceptors (Lipinski definition) is 2. The third-order valence-electron chi connectivity index (χ3n) is 3.86. The van der Waals surface area contributed by atoms with Gasteiger partial charge in [-0.1, -0.05) is 32.6 Å². The molecular formula is C14H28N2O. The molecule has 0 aromatic rings. The summed E-state index contributed by atoms with van der Waals surface area (Å²) < 4.78 is 0. The van der Waals surface area contributed by atoms with Crippen LogP contribution in [0.2, 0.25) is 0 Å². The molecule has 1 fully saturated rings. The molecule has 3 nitrogen and oxygen atoms in total. The second kappa shape index (κ2) is 8.51. The molecule has 0 heterocycles. The molecule has 3 heteroatoms. The summed E-state index contributed by atoms with van der Waals surface area (Å²) in [6.45, 7) is 3.91. The Morgan fingerprint density at radius 1 is 1.29 bits per heavy atom. The van der Waals surface area contributed by atoms with Crippen molar-refractivity contribution in [3.05, 3.63) is 0 Å². The van der Waals surface area contributed by atoms with E-state index < -0.39 is 0 Å². The van der Waals surface area contributed by atoms with E-state index in [1.165, 1.54) is 25.7 Å². The van der Waals surface area contributed by atoms with Gasteiger partial charge in [-0.05, 0) is 38.8 Å². The molecule has 0 saturated heterocycles. The Morgan fingerprint density at radius 3 is 2.59 bits per heavy atom. The molecule has 0 spiro atoms. The Labute approximate surface area is 106 Å². The lowest BCUT2D eigenvalue weighted by Gasteiger charge is -2.18. The van der Waals surface area contributed by atoms with Gasteiger partial charge in [0, 0.05) is 12.5 Å². The van der Waals surface area contributed by atoms with Gasteiger partial charge in [-0.15, -0.1) is 0 Å². The van der Waals surface area contributed by atoms with E-state index >= 15 is 0 Å². The van der Waals surface area contributed by atoms with Crippen molar-refractivity contribution in [3.63, 3.8) is 0 Å². The van der Waals surface area contributed by atoms with Crippen LogP contribution in [0, 0.1) is 11.8 Å². The molecule has 0 aromatic heterocycles. The van der Waals surface area contributed by atoms with Gasteiger partial charge in [-0.3, -0.25) is 4.79 Å². The lowest BCUT2D eigenvalue weighted by atomic mass is 9.91. The smallest absolute Gasteiger partial charge is 0.223 e. The summed E-state index contributed by atoms with van der Waals surface area (Å²) in [6.07, 6.45) is 8.51. The number of rotatable bonds is 8. The lowest BCUT2D eigenvalue weighted by molar-refractivity contribution is -0.125. The van der Waals surface area contributed by atoms with Crippen LogP contribution >= 0.6 is 0 Å². The minimum Gasteiger partial charge on any atom is -0.356 e. The van der Waals surface area contributed by atoms with Crippen molar-refractivity contribution in [2.24, 2.45) is 11.8 Å². The highest BCUT2D eigenvalue weighted by Crippen LogP contribution is 2.31. The van der Waals surface area contributed by atoms with Crippen molar-refractivity contribution >= 4 is 5.91 Å². The number of carbonyl (C=O) groups excluding carboxylic acids is 1. The van der Waals surface area contributed by atoms with Crippen LogP contribution in [0.25, 0.3) is 0 Å². The van der Waals surface area contributed by atoms with Crippen LogP contribution in [0.1, 0.15) is 51.9 Å². The van der Waals surface area contributed by atoms with Gasteiger partial charge >= 0.3 is 0 Å². The molecule has 17 heavy (non-hydrogen) atoms. The molecule has 1 aliphatic carbocycles. The van der Waals surface area contributed by atoms with E-state index in [9.17, 15) is 4.79 Å². The maximum atomic E-state index is 12.0. The second-order valence-electron chi connectivity index (χ2n) is 5.24. The monoisotopic (exact) mass is 240 g/mol. The summed E-state index contributed by atoms with van der Waals surface area (Å²) in [5.74, 6) is 1.33. The average Bonchev–Trinajstić information content (AvgIpc) is 2.84.